The predicted molar refractivity (Wildman–Crippen MR) is 50.1 cm³/mol. The zero-order chi connectivity index (χ0) is 9.10. The minimum Gasteiger partial charge on any atom is -0.461 e. The van der Waals surface area contributed by atoms with Crippen molar-refractivity contribution in [2.75, 3.05) is 18.1 Å². The highest BCUT2D eigenvalue weighted by atomic mass is 32.2. The molecule has 1 aliphatic rings. The summed E-state index contributed by atoms with van der Waals surface area (Å²) in [6, 6.07) is 3.38. The molecule has 1 aromatic rings. The normalized spacial score (nSPS) is 22.9. The van der Waals surface area contributed by atoms with Crippen LogP contribution in [0.5, 0.6) is 0 Å². The Morgan fingerprint density at radius 3 is 3.15 bits per heavy atom. The lowest BCUT2D eigenvalue weighted by atomic mass is 10.2. The number of ketones is 1. The van der Waals surface area contributed by atoms with Gasteiger partial charge in [-0.2, -0.15) is 11.8 Å². The molecule has 0 radical (unpaired) electrons. The second kappa shape index (κ2) is 3.98. The van der Waals surface area contributed by atoms with Crippen molar-refractivity contribution in [3.8, 4) is 0 Å². The fourth-order valence-electron chi connectivity index (χ4n) is 1.22. The number of furan rings is 1. The molecule has 1 aliphatic heterocycles. The van der Waals surface area contributed by atoms with Crippen molar-refractivity contribution in [2.24, 2.45) is 0 Å². The van der Waals surface area contributed by atoms with E-state index in [-0.39, 0.29) is 11.9 Å². The van der Waals surface area contributed by atoms with E-state index in [1.54, 1.807) is 23.9 Å². The van der Waals surface area contributed by atoms with Gasteiger partial charge < -0.3 is 9.15 Å². The van der Waals surface area contributed by atoms with Gasteiger partial charge in [0.25, 0.3) is 0 Å². The van der Waals surface area contributed by atoms with Crippen molar-refractivity contribution in [2.45, 2.75) is 6.10 Å². The molecule has 1 aromatic heterocycles. The summed E-state index contributed by atoms with van der Waals surface area (Å²) in [4.78, 5) is 11.6. The van der Waals surface area contributed by atoms with Gasteiger partial charge in [0.2, 0.25) is 5.78 Å². The van der Waals surface area contributed by atoms with E-state index in [4.69, 9.17) is 9.15 Å². The van der Waals surface area contributed by atoms with Gasteiger partial charge in [-0.1, -0.05) is 0 Å². The van der Waals surface area contributed by atoms with E-state index in [0.29, 0.717) is 12.4 Å². The maximum atomic E-state index is 11.6. The molecule has 0 aromatic carbocycles. The van der Waals surface area contributed by atoms with Crippen LogP contribution in [-0.4, -0.2) is 30.0 Å². The van der Waals surface area contributed by atoms with Crippen LogP contribution >= 0.6 is 11.8 Å². The summed E-state index contributed by atoms with van der Waals surface area (Å²) in [5, 5.41) is 0. The largest absolute Gasteiger partial charge is 0.461 e. The molecule has 4 heteroatoms. The van der Waals surface area contributed by atoms with Gasteiger partial charge in [-0.3, -0.25) is 4.79 Å². The summed E-state index contributed by atoms with van der Waals surface area (Å²) >= 11 is 1.74. The van der Waals surface area contributed by atoms with Gasteiger partial charge in [0.05, 0.1) is 12.9 Å². The molecule has 1 unspecified atom stereocenters. The molecule has 1 saturated heterocycles. The number of thioether (sulfide) groups is 1. The first-order valence-corrected chi connectivity index (χ1v) is 5.30. The van der Waals surface area contributed by atoms with Crippen LogP contribution in [0.3, 0.4) is 0 Å². The molecular weight excluding hydrogens is 188 g/mol. The first-order valence-electron chi connectivity index (χ1n) is 4.15. The zero-order valence-corrected chi connectivity index (χ0v) is 7.88. The van der Waals surface area contributed by atoms with Gasteiger partial charge in [0.15, 0.2) is 5.76 Å². The standard InChI is InChI=1S/C9H10O3S/c10-9(7-2-1-3-11-7)8-6-13-5-4-12-8/h1-3,8H,4-6H2. The van der Waals surface area contributed by atoms with Crippen LogP contribution in [0.4, 0.5) is 0 Å². The van der Waals surface area contributed by atoms with Crippen LogP contribution in [-0.2, 0) is 4.74 Å². The molecule has 13 heavy (non-hydrogen) atoms. The minimum absolute atomic E-state index is 0.0443. The van der Waals surface area contributed by atoms with Crippen LogP contribution < -0.4 is 0 Å². The van der Waals surface area contributed by atoms with Crippen molar-refractivity contribution >= 4 is 17.5 Å². The van der Waals surface area contributed by atoms with Crippen LogP contribution in [0, 0.1) is 0 Å². The van der Waals surface area contributed by atoms with E-state index in [9.17, 15) is 4.79 Å². The fourth-order valence-corrected chi connectivity index (χ4v) is 2.06. The highest BCUT2D eigenvalue weighted by Crippen LogP contribution is 2.16. The first-order chi connectivity index (χ1) is 6.38. The molecule has 2 heterocycles. The maximum absolute atomic E-state index is 11.6. The lowest BCUT2D eigenvalue weighted by Gasteiger charge is -2.19. The minimum atomic E-state index is -0.315. The molecule has 1 atom stereocenters. The Morgan fingerprint density at radius 1 is 1.62 bits per heavy atom. The third kappa shape index (κ3) is 1.95. The van der Waals surface area contributed by atoms with Crippen molar-refractivity contribution in [3.63, 3.8) is 0 Å². The van der Waals surface area contributed by atoms with E-state index in [1.807, 2.05) is 0 Å². The highest BCUT2D eigenvalue weighted by Gasteiger charge is 2.25. The topological polar surface area (TPSA) is 39.4 Å². The average molecular weight is 198 g/mol. The lowest BCUT2D eigenvalue weighted by Crippen LogP contribution is -2.31. The van der Waals surface area contributed by atoms with Crippen molar-refractivity contribution < 1.29 is 13.9 Å². The fraction of sp³-hybridized carbons (Fsp3) is 0.444. The molecule has 0 saturated carbocycles. The van der Waals surface area contributed by atoms with Crippen molar-refractivity contribution in [1.29, 1.82) is 0 Å². The van der Waals surface area contributed by atoms with Crippen molar-refractivity contribution in [3.05, 3.63) is 24.2 Å². The van der Waals surface area contributed by atoms with Crippen LogP contribution in [0.15, 0.2) is 22.8 Å². The Morgan fingerprint density at radius 2 is 2.54 bits per heavy atom. The van der Waals surface area contributed by atoms with Crippen LogP contribution in [0.1, 0.15) is 10.6 Å². The Labute approximate surface area is 80.4 Å². The Kier molecular flexibility index (Phi) is 2.71. The Bertz CT molecular complexity index is 275. The van der Waals surface area contributed by atoms with Gasteiger partial charge in [0.1, 0.15) is 6.10 Å². The third-order valence-corrected chi connectivity index (χ3v) is 2.87. The van der Waals surface area contributed by atoms with E-state index in [1.165, 1.54) is 6.26 Å². The summed E-state index contributed by atoms with van der Waals surface area (Å²) in [5.41, 5.74) is 0. The molecule has 0 bridgehead atoms. The molecule has 0 aliphatic carbocycles. The zero-order valence-electron chi connectivity index (χ0n) is 7.06. The number of carbonyl (C=O) groups excluding carboxylic acids is 1. The lowest BCUT2D eigenvalue weighted by molar-refractivity contribution is 0.0494. The maximum Gasteiger partial charge on any atom is 0.227 e. The Balaban J connectivity index is 2.04. The van der Waals surface area contributed by atoms with E-state index in [2.05, 4.69) is 0 Å². The highest BCUT2D eigenvalue weighted by molar-refractivity contribution is 7.99. The number of rotatable bonds is 2. The van der Waals surface area contributed by atoms with Gasteiger partial charge in [0, 0.05) is 11.5 Å². The molecule has 0 amide bonds. The summed E-state index contributed by atoms with van der Waals surface area (Å²) in [6.45, 7) is 0.655. The molecular formula is C9H10O3S. The van der Waals surface area contributed by atoms with Gasteiger partial charge >= 0.3 is 0 Å². The summed E-state index contributed by atoms with van der Waals surface area (Å²) < 4.78 is 10.3. The molecule has 0 N–H and O–H groups in total. The Hall–Kier alpha value is -0.740. The summed E-state index contributed by atoms with van der Waals surface area (Å²) in [7, 11) is 0. The molecule has 1 fully saturated rings. The van der Waals surface area contributed by atoms with Crippen LogP contribution in [0.25, 0.3) is 0 Å². The summed E-state index contributed by atoms with van der Waals surface area (Å²) in [5.74, 6) is 2.06. The summed E-state index contributed by atoms with van der Waals surface area (Å²) in [6.07, 6.45) is 1.19. The van der Waals surface area contributed by atoms with Gasteiger partial charge in [-0.15, -0.1) is 0 Å². The molecule has 2 rings (SSSR count). The van der Waals surface area contributed by atoms with Gasteiger partial charge in [-0.25, -0.2) is 0 Å². The molecule has 3 nitrogen and oxygen atoms in total. The second-order valence-corrected chi connectivity index (χ2v) is 3.93. The number of hydrogen-bond donors (Lipinski definition) is 0. The van der Waals surface area contributed by atoms with Crippen LogP contribution in [0.2, 0.25) is 0 Å². The molecule has 0 spiro atoms. The van der Waals surface area contributed by atoms with Crippen molar-refractivity contribution in [1.82, 2.24) is 0 Å². The first kappa shape index (κ1) is 8.84. The quantitative estimate of drug-likeness (QED) is 0.676. The second-order valence-electron chi connectivity index (χ2n) is 2.78. The average Bonchev–Trinajstić information content (AvgIpc) is 2.71. The SMILES string of the molecule is O=C(c1ccco1)C1CSCCO1. The van der Waals surface area contributed by atoms with Gasteiger partial charge in [-0.05, 0) is 12.1 Å². The third-order valence-electron chi connectivity index (χ3n) is 1.87. The predicted octanol–water partition coefficient (Wildman–Crippen LogP) is 1.59. The number of hydrogen-bond acceptors (Lipinski definition) is 4. The smallest absolute Gasteiger partial charge is 0.227 e. The number of ether oxygens (including phenoxy) is 1. The number of carbonyl (C=O) groups is 1. The molecule has 70 valence electrons. The van der Waals surface area contributed by atoms with E-state index < -0.39 is 0 Å². The van der Waals surface area contributed by atoms with E-state index in [0.717, 1.165) is 11.5 Å². The number of Topliss-reactive ketones (excluding diaryl/α,β-unsaturated/α-hetero) is 1. The van der Waals surface area contributed by atoms with E-state index >= 15 is 0 Å². The monoisotopic (exact) mass is 198 g/mol.